The van der Waals surface area contributed by atoms with Gasteiger partial charge in [-0.25, -0.2) is 4.79 Å². The molecular formula is C17H21NO5. The molecule has 2 rings (SSSR count). The third-order valence-electron chi connectivity index (χ3n) is 3.74. The van der Waals surface area contributed by atoms with E-state index in [1.807, 2.05) is 6.92 Å². The molecule has 1 aromatic carbocycles. The molecular weight excluding hydrogens is 298 g/mol. The molecule has 6 nitrogen and oxygen atoms in total. The Labute approximate surface area is 135 Å². The normalized spacial score (nSPS) is 17.3. The highest BCUT2D eigenvalue weighted by Gasteiger charge is 2.36. The highest BCUT2D eigenvalue weighted by Crippen LogP contribution is 2.29. The molecule has 1 atom stereocenters. The van der Waals surface area contributed by atoms with Crippen LogP contribution in [0.3, 0.4) is 0 Å². The Bertz CT molecular complexity index is 625. The Kier molecular flexibility index (Phi) is 5.36. The van der Waals surface area contributed by atoms with Crippen LogP contribution in [-0.2, 0) is 19.1 Å². The zero-order valence-corrected chi connectivity index (χ0v) is 13.6. The van der Waals surface area contributed by atoms with Crippen molar-refractivity contribution in [2.24, 2.45) is 5.92 Å². The van der Waals surface area contributed by atoms with Gasteiger partial charge in [0.05, 0.1) is 24.7 Å². The van der Waals surface area contributed by atoms with Crippen molar-refractivity contribution in [2.45, 2.75) is 27.2 Å². The summed E-state index contributed by atoms with van der Waals surface area (Å²) in [4.78, 5) is 37.3. The third-order valence-corrected chi connectivity index (χ3v) is 3.74. The lowest BCUT2D eigenvalue weighted by molar-refractivity contribution is -0.147. The van der Waals surface area contributed by atoms with Crippen LogP contribution < -0.4 is 4.90 Å². The largest absolute Gasteiger partial charge is 0.466 e. The van der Waals surface area contributed by atoms with E-state index in [1.165, 1.54) is 0 Å². The number of hydrogen-bond acceptors (Lipinski definition) is 5. The number of nitrogens with zero attached hydrogens (tertiary/aromatic N) is 1. The van der Waals surface area contributed by atoms with Crippen LogP contribution in [0.4, 0.5) is 5.69 Å². The molecule has 0 spiro atoms. The molecule has 23 heavy (non-hydrogen) atoms. The summed E-state index contributed by atoms with van der Waals surface area (Å²) in [6, 6.07) is 5.04. The van der Waals surface area contributed by atoms with Gasteiger partial charge < -0.3 is 14.4 Å². The van der Waals surface area contributed by atoms with Gasteiger partial charge in [0.2, 0.25) is 5.91 Å². The first-order chi connectivity index (χ1) is 11.0. The molecule has 1 aliphatic rings. The smallest absolute Gasteiger partial charge is 0.338 e. The molecule has 1 amide bonds. The van der Waals surface area contributed by atoms with E-state index in [4.69, 9.17) is 9.47 Å². The molecule has 0 saturated carbocycles. The number of benzene rings is 1. The first-order valence-corrected chi connectivity index (χ1v) is 7.72. The summed E-state index contributed by atoms with van der Waals surface area (Å²) < 4.78 is 9.95. The van der Waals surface area contributed by atoms with Gasteiger partial charge in [-0.2, -0.15) is 0 Å². The Morgan fingerprint density at radius 3 is 2.52 bits per heavy atom. The number of ether oxygens (including phenoxy) is 2. The molecule has 124 valence electrons. The predicted molar refractivity (Wildman–Crippen MR) is 84.2 cm³/mol. The topological polar surface area (TPSA) is 72.9 Å². The van der Waals surface area contributed by atoms with E-state index in [1.54, 1.807) is 36.9 Å². The van der Waals surface area contributed by atoms with Crippen molar-refractivity contribution in [3.05, 3.63) is 29.3 Å². The van der Waals surface area contributed by atoms with E-state index in [0.29, 0.717) is 31.0 Å². The van der Waals surface area contributed by atoms with Crippen molar-refractivity contribution < 1.29 is 23.9 Å². The molecule has 0 aromatic heterocycles. The highest BCUT2D eigenvalue weighted by atomic mass is 16.5. The van der Waals surface area contributed by atoms with Crippen LogP contribution in [0.15, 0.2) is 18.2 Å². The molecule has 1 aromatic rings. The monoisotopic (exact) mass is 319 g/mol. The third kappa shape index (κ3) is 3.70. The maximum Gasteiger partial charge on any atom is 0.338 e. The molecule has 1 unspecified atom stereocenters. The molecule has 6 heteroatoms. The number of esters is 2. The van der Waals surface area contributed by atoms with Crippen LogP contribution in [0.25, 0.3) is 0 Å². The van der Waals surface area contributed by atoms with Gasteiger partial charge >= 0.3 is 11.9 Å². The molecule has 1 fully saturated rings. The number of carbonyl (C=O) groups excluding carboxylic acids is 3. The molecule has 1 aliphatic heterocycles. The lowest BCUT2D eigenvalue weighted by atomic mass is 10.1. The van der Waals surface area contributed by atoms with Crippen molar-refractivity contribution in [3.8, 4) is 0 Å². The Balaban J connectivity index is 2.17. The van der Waals surface area contributed by atoms with Crippen molar-refractivity contribution in [1.82, 2.24) is 0 Å². The van der Waals surface area contributed by atoms with E-state index < -0.39 is 5.92 Å². The number of carbonyl (C=O) groups is 3. The quantitative estimate of drug-likeness (QED) is 0.777. The Morgan fingerprint density at radius 1 is 1.22 bits per heavy atom. The van der Waals surface area contributed by atoms with Crippen LogP contribution >= 0.6 is 0 Å². The number of anilines is 1. The van der Waals surface area contributed by atoms with Gasteiger partial charge in [0.1, 0.15) is 0 Å². The summed E-state index contributed by atoms with van der Waals surface area (Å²) >= 11 is 0. The van der Waals surface area contributed by atoms with Crippen LogP contribution in [0.1, 0.15) is 36.2 Å². The van der Waals surface area contributed by atoms with E-state index in [0.717, 1.165) is 5.56 Å². The first kappa shape index (κ1) is 17.0. The van der Waals surface area contributed by atoms with Crippen LogP contribution in [0.5, 0.6) is 0 Å². The minimum atomic E-state index is -0.438. The lowest BCUT2D eigenvalue weighted by Gasteiger charge is -2.19. The zero-order chi connectivity index (χ0) is 17.0. The van der Waals surface area contributed by atoms with Crippen molar-refractivity contribution >= 4 is 23.5 Å². The summed E-state index contributed by atoms with van der Waals surface area (Å²) in [5.74, 6) is -1.29. The second kappa shape index (κ2) is 7.26. The summed E-state index contributed by atoms with van der Waals surface area (Å²) in [6.07, 6.45) is 0.151. The van der Waals surface area contributed by atoms with Crippen molar-refractivity contribution in [2.75, 3.05) is 24.7 Å². The van der Waals surface area contributed by atoms with Crippen LogP contribution in [0, 0.1) is 12.8 Å². The van der Waals surface area contributed by atoms with Gasteiger partial charge in [0, 0.05) is 18.7 Å². The summed E-state index contributed by atoms with van der Waals surface area (Å²) in [7, 11) is 0. The summed E-state index contributed by atoms with van der Waals surface area (Å²) in [5.41, 5.74) is 1.94. The molecule has 0 N–H and O–H groups in total. The second-order valence-corrected chi connectivity index (χ2v) is 5.38. The van der Waals surface area contributed by atoms with E-state index in [2.05, 4.69) is 0 Å². The number of hydrogen-bond donors (Lipinski definition) is 0. The van der Waals surface area contributed by atoms with E-state index >= 15 is 0 Å². The maximum absolute atomic E-state index is 12.2. The summed E-state index contributed by atoms with van der Waals surface area (Å²) in [6.45, 7) is 6.23. The van der Waals surface area contributed by atoms with E-state index in [-0.39, 0.29) is 24.3 Å². The van der Waals surface area contributed by atoms with Gasteiger partial charge in [0.15, 0.2) is 0 Å². The first-order valence-electron chi connectivity index (χ1n) is 7.72. The summed E-state index contributed by atoms with van der Waals surface area (Å²) in [5, 5.41) is 0. The molecule has 0 bridgehead atoms. The number of aryl methyl sites for hydroxylation is 1. The van der Waals surface area contributed by atoms with Gasteiger partial charge in [-0.1, -0.05) is 0 Å². The fraction of sp³-hybridized carbons (Fsp3) is 0.471. The van der Waals surface area contributed by atoms with Gasteiger partial charge in [0.25, 0.3) is 0 Å². The Morgan fingerprint density at radius 2 is 1.91 bits per heavy atom. The average molecular weight is 319 g/mol. The fourth-order valence-corrected chi connectivity index (χ4v) is 2.66. The van der Waals surface area contributed by atoms with Crippen molar-refractivity contribution in [3.63, 3.8) is 0 Å². The van der Waals surface area contributed by atoms with Gasteiger partial charge in [-0.15, -0.1) is 0 Å². The fourth-order valence-electron chi connectivity index (χ4n) is 2.66. The number of rotatable bonds is 5. The average Bonchev–Trinajstić information content (AvgIpc) is 2.89. The molecule has 1 heterocycles. The van der Waals surface area contributed by atoms with Gasteiger partial charge in [-0.05, 0) is 44.5 Å². The van der Waals surface area contributed by atoms with Gasteiger partial charge in [-0.3, -0.25) is 9.59 Å². The maximum atomic E-state index is 12.2. The SMILES string of the molecule is CCOC(=O)c1ccc(N2CC(C(=O)OCC)CC2=O)c(C)c1. The van der Waals surface area contributed by atoms with Crippen LogP contribution in [0.2, 0.25) is 0 Å². The Hall–Kier alpha value is -2.37. The lowest BCUT2D eigenvalue weighted by Crippen LogP contribution is -2.27. The highest BCUT2D eigenvalue weighted by molar-refractivity contribution is 6.00. The van der Waals surface area contributed by atoms with Crippen LogP contribution in [-0.4, -0.2) is 37.6 Å². The molecule has 0 aliphatic carbocycles. The second-order valence-electron chi connectivity index (χ2n) is 5.38. The molecule has 0 radical (unpaired) electrons. The standard InChI is InChI=1S/C17H21NO5/c1-4-22-16(20)12-6-7-14(11(3)8-12)18-10-13(9-15(18)19)17(21)23-5-2/h6-8,13H,4-5,9-10H2,1-3H3. The minimum Gasteiger partial charge on any atom is -0.466 e. The number of amides is 1. The van der Waals surface area contributed by atoms with E-state index in [9.17, 15) is 14.4 Å². The van der Waals surface area contributed by atoms with Crippen molar-refractivity contribution in [1.29, 1.82) is 0 Å². The zero-order valence-electron chi connectivity index (χ0n) is 13.6. The molecule has 1 saturated heterocycles. The predicted octanol–water partition coefficient (Wildman–Crippen LogP) is 2.09. The minimum absolute atomic E-state index is 0.116.